The van der Waals surface area contributed by atoms with Gasteiger partial charge < -0.3 is 15.2 Å². The molecular formula is C15H21N3O. The molecule has 0 aromatic carbocycles. The summed E-state index contributed by atoms with van der Waals surface area (Å²) in [5, 5.41) is 3.58. The highest BCUT2D eigenvalue weighted by atomic mass is 16.2. The molecule has 1 aromatic heterocycles. The third-order valence-corrected chi connectivity index (χ3v) is 5.13. The molecule has 19 heavy (non-hydrogen) atoms. The minimum atomic E-state index is 0.231. The number of nitrogens with zero attached hydrogens (tertiary/aromatic N) is 1. The van der Waals surface area contributed by atoms with E-state index in [0.717, 1.165) is 25.8 Å². The highest BCUT2D eigenvalue weighted by molar-refractivity contribution is 5.81. The topological polar surface area (TPSA) is 48.1 Å². The van der Waals surface area contributed by atoms with Crippen LogP contribution >= 0.6 is 0 Å². The van der Waals surface area contributed by atoms with Crippen LogP contribution in [0.4, 0.5) is 0 Å². The van der Waals surface area contributed by atoms with E-state index in [1.54, 1.807) is 0 Å². The minimum Gasteiger partial charge on any atom is -0.363 e. The molecule has 2 bridgehead atoms. The van der Waals surface area contributed by atoms with Crippen LogP contribution in [0.2, 0.25) is 0 Å². The van der Waals surface area contributed by atoms with E-state index in [2.05, 4.69) is 21.3 Å². The van der Waals surface area contributed by atoms with Gasteiger partial charge in [-0.1, -0.05) is 0 Å². The Morgan fingerprint density at radius 1 is 1.32 bits per heavy atom. The molecule has 4 nitrogen and oxygen atoms in total. The fourth-order valence-corrected chi connectivity index (χ4v) is 4.22. The largest absolute Gasteiger partial charge is 0.363 e. The predicted molar refractivity (Wildman–Crippen MR) is 72.5 cm³/mol. The standard InChI is InChI=1S/C15H21N3O/c19-15(11-9-10-5-6-12(11)17-10)18-8-2-4-14(18)13-3-1-7-16-13/h1,3,7,10-12,14,16-17H,2,4-6,8-9H2. The monoisotopic (exact) mass is 259 g/mol. The first-order valence-electron chi connectivity index (χ1n) is 7.53. The fraction of sp³-hybridized carbons (Fsp3) is 0.667. The molecule has 3 aliphatic heterocycles. The molecule has 3 aliphatic rings. The number of hydrogen-bond acceptors (Lipinski definition) is 2. The smallest absolute Gasteiger partial charge is 0.227 e. The van der Waals surface area contributed by atoms with Gasteiger partial charge in [0.1, 0.15) is 0 Å². The fourth-order valence-electron chi connectivity index (χ4n) is 4.22. The third-order valence-electron chi connectivity index (χ3n) is 5.13. The van der Waals surface area contributed by atoms with Crippen LogP contribution < -0.4 is 5.32 Å². The molecule has 3 saturated heterocycles. The molecule has 0 saturated carbocycles. The summed E-state index contributed by atoms with van der Waals surface area (Å²) in [6.45, 7) is 0.927. The molecule has 2 N–H and O–H groups in total. The van der Waals surface area contributed by atoms with E-state index in [1.165, 1.54) is 18.5 Å². The second-order valence-electron chi connectivity index (χ2n) is 6.20. The lowest BCUT2D eigenvalue weighted by Gasteiger charge is -2.29. The van der Waals surface area contributed by atoms with Crippen molar-refractivity contribution < 1.29 is 4.79 Å². The second kappa shape index (κ2) is 4.37. The van der Waals surface area contributed by atoms with Gasteiger partial charge in [0.15, 0.2) is 0 Å². The van der Waals surface area contributed by atoms with Crippen LogP contribution in [0.25, 0.3) is 0 Å². The van der Waals surface area contributed by atoms with Gasteiger partial charge in [0.25, 0.3) is 0 Å². The maximum Gasteiger partial charge on any atom is 0.227 e. The predicted octanol–water partition coefficient (Wildman–Crippen LogP) is 1.82. The Balaban J connectivity index is 1.53. The molecule has 3 fully saturated rings. The van der Waals surface area contributed by atoms with E-state index in [0.29, 0.717) is 18.0 Å². The van der Waals surface area contributed by atoms with Gasteiger partial charge in [-0.15, -0.1) is 0 Å². The molecule has 4 unspecified atom stereocenters. The number of H-pyrrole nitrogens is 1. The van der Waals surface area contributed by atoms with Gasteiger partial charge in [-0.25, -0.2) is 0 Å². The summed E-state index contributed by atoms with van der Waals surface area (Å²) in [7, 11) is 0. The lowest BCUT2D eigenvalue weighted by Crippen LogP contribution is -2.40. The molecule has 1 aromatic rings. The first-order valence-corrected chi connectivity index (χ1v) is 7.53. The van der Waals surface area contributed by atoms with E-state index < -0.39 is 0 Å². The Bertz CT molecular complexity index is 470. The number of carbonyl (C=O) groups excluding carboxylic acids is 1. The molecule has 4 heteroatoms. The summed E-state index contributed by atoms with van der Waals surface area (Å²) in [6, 6.07) is 5.46. The lowest BCUT2D eigenvalue weighted by atomic mass is 9.88. The van der Waals surface area contributed by atoms with Crippen molar-refractivity contribution >= 4 is 5.91 Å². The normalized spacial score (nSPS) is 37.2. The first kappa shape index (κ1) is 11.5. The number of hydrogen-bond donors (Lipinski definition) is 2. The van der Waals surface area contributed by atoms with Crippen LogP contribution in [-0.4, -0.2) is 34.4 Å². The van der Waals surface area contributed by atoms with E-state index in [1.807, 2.05) is 12.3 Å². The minimum absolute atomic E-state index is 0.231. The summed E-state index contributed by atoms with van der Waals surface area (Å²) >= 11 is 0. The van der Waals surface area contributed by atoms with Crippen molar-refractivity contribution in [2.24, 2.45) is 5.92 Å². The average Bonchev–Trinajstić information content (AvgIpc) is 3.17. The van der Waals surface area contributed by atoms with Gasteiger partial charge in [0, 0.05) is 30.5 Å². The second-order valence-corrected chi connectivity index (χ2v) is 6.20. The van der Waals surface area contributed by atoms with Gasteiger partial charge >= 0.3 is 0 Å². The molecule has 0 radical (unpaired) electrons. The Morgan fingerprint density at radius 3 is 2.95 bits per heavy atom. The maximum atomic E-state index is 12.8. The van der Waals surface area contributed by atoms with Crippen molar-refractivity contribution in [3.63, 3.8) is 0 Å². The highest BCUT2D eigenvalue weighted by Gasteiger charge is 2.46. The maximum absolute atomic E-state index is 12.8. The number of amides is 1. The van der Waals surface area contributed by atoms with Crippen molar-refractivity contribution in [1.29, 1.82) is 0 Å². The summed E-state index contributed by atoms with van der Waals surface area (Å²) in [6.07, 6.45) is 7.67. The Kier molecular flexibility index (Phi) is 2.65. The summed E-state index contributed by atoms with van der Waals surface area (Å²) < 4.78 is 0. The van der Waals surface area contributed by atoms with Gasteiger partial charge in [-0.05, 0) is 44.2 Å². The zero-order valence-corrected chi connectivity index (χ0v) is 11.1. The van der Waals surface area contributed by atoms with Crippen LogP contribution in [0, 0.1) is 5.92 Å². The molecular weight excluding hydrogens is 238 g/mol. The number of aromatic amines is 1. The molecule has 0 aliphatic carbocycles. The van der Waals surface area contributed by atoms with Crippen molar-refractivity contribution in [1.82, 2.24) is 15.2 Å². The van der Waals surface area contributed by atoms with Gasteiger partial charge in [-0.3, -0.25) is 4.79 Å². The number of aromatic nitrogens is 1. The Hall–Kier alpha value is -1.29. The summed E-state index contributed by atoms with van der Waals surface area (Å²) in [4.78, 5) is 18.2. The number of fused-ring (bicyclic) bond motifs is 2. The molecule has 4 atom stereocenters. The van der Waals surface area contributed by atoms with Crippen molar-refractivity contribution in [2.75, 3.05) is 6.54 Å². The Morgan fingerprint density at radius 2 is 2.26 bits per heavy atom. The van der Waals surface area contributed by atoms with E-state index in [-0.39, 0.29) is 12.0 Å². The van der Waals surface area contributed by atoms with Crippen molar-refractivity contribution in [3.05, 3.63) is 24.0 Å². The molecule has 1 amide bonds. The molecule has 4 heterocycles. The summed E-state index contributed by atoms with van der Waals surface area (Å²) in [5.41, 5.74) is 1.20. The first-order chi connectivity index (χ1) is 9.33. The number of rotatable bonds is 2. The number of carbonyl (C=O) groups is 1. The van der Waals surface area contributed by atoms with Crippen molar-refractivity contribution in [2.45, 2.75) is 50.2 Å². The van der Waals surface area contributed by atoms with Crippen LogP contribution in [0.1, 0.15) is 43.8 Å². The SMILES string of the molecule is O=C(C1CC2CCC1N2)N1CCCC1c1ccc[nH]1. The summed E-state index contributed by atoms with van der Waals surface area (Å²) in [5.74, 6) is 0.617. The zero-order valence-electron chi connectivity index (χ0n) is 11.1. The van der Waals surface area contributed by atoms with E-state index >= 15 is 0 Å². The van der Waals surface area contributed by atoms with Crippen LogP contribution in [0.5, 0.6) is 0 Å². The van der Waals surface area contributed by atoms with Crippen LogP contribution in [0.15, 0.2) is 18.3 Å². The lowest BCUT2D eigenvalue weighted by molar-refractivity contribution is -0.137. The van der Waals surface area contributed by atoms with E-state index in [4.69, 9.17) is 0 Å². The van der Waals surface area contributed by atoms with Gasteiger partial charge in [0.05, 0.1) is 12.0 Å². The van der Waals surface area contributed by atoms with Gasteiger partial charge in [0.2, 0.25) is 5.91 Å². The average molecular weight is 259 g/mol. The number of nitrogens with one attached hydrogen (secondary N) is 2. The molecule has 0 spiro atoms. The van der Waals surface area contributed by atoms with Crippen LogP contribution in [-0.2, 0) is 4.79 Å². The molecule has 4 rings (SSSR count). The molecule has 102 valence electrons. The highest BCUT2D eigenvalue weighted by Crippen LogP contribution is 2.38. The number of likely N-dealkylation sites (tertiary alicyclic amines) is 1. The zero-order chi connectivity index (χ0) is 12.8. The van der Waals surface area contributed by atoms with Gasteiger partial charge in [-0.2, -0.15) is 0 Å². The van der Waals surface area contributed by atoms with Crippen molar-refractivity contribution in [3.8, 4) is 0 Å². The third kappa shape index (κ3) is 1.81. The van der Waals surface area contributed by atoms with Crippen LogP contribution in [0.3, 0.4) is 0 Å². The quantitative estimate of drug-likeness (QED) is 0.851. The van der Waals surface area contributed by atoms with E-state index in [9.17, 15) is 4.79 Å². The Labute approximate surface area is 113 Å².